The summed E-state index contributed by atoms with van der Waals surface area (Å²) in [5.41, 5.74) is 0.669. The van der Waals surface area contributed by atoms with Crippen molar-refractivity contribution in [3.63, 3.8) is 0 Å². The Morgan fingerprint density at radius 3 is 2.32 bits per heavy atom. The maximum atomic E-state index is 14.1. The molecule has 2 aromatic carbocycles. The molecule has 1 aliphatic rings. The summed E-state index contributed by atoms with van der Waals surface area (Å²) in [6.45, 7) is 2.15. The lowest BCUT2D eigenvalue weighted by molar-refractivity contribution is 0.578. The fourth-order valence-corrected chi connectivity index (χ4v) is 4.35. The van der Waals surface area contributed by atoms with Gasteiger partial charge in [-0.05, 0) is 30.7 Å². The Morgan fingerprint density at radius 2 is 1.68 bits per heavy atom. The monoisotopic (exact) mass is 324 g/mol. The van der Waals surface area contributed by atoms with Crippen LogP contribution in [0.4, 0.5) is 25.8 Å². The summed E-state index contributed by atoms with van der Waals surface area (Å²) in [5.74, 6) is -1.67. The van der Waals surface area contributed by atoms with Gasteiger partial charge in [0.25, 0.3) is 0 Å². The van der Waals surface area contributed by atoms with Gasteiger partial charge in [-0.15, -0.1) is 0 Å². The van der Waals surface area contributed by atoms with Crippen LogP contribution in [0.15, 0.2) is 42.5 Å². The minimum Gasteiger partial charge on any atom is -0.251 e. The van der Waals surface area contributed by atoms with Crippen LogP contribution in [-0.4, -0.2) is 15.0 Å². The van der Waals surface area contributed by atoms with Gasteiger partial charge in [0.05, 0.1) is 17.1 Å². The maximum Gasteiger partial charge on any atom is 0.331 e. The van der Waals surface area contributed by atoms with Crippen LogP contribution in [0.3, 0.4) is 0 Å². The standard InChI is InChI=1S/C15H14F2N2O2S/c1-2-9-18-14-5-3-4-6-15(14)19(22(18,20)21)13-8-7-11(16)10-12(13)17/h3-8,10H,2,9H2,1H3. The third-order valence-electron chi connectivity index (χ3n) is 3.43. The van der Waals surface area contributed by atoms with E-state index in [0.717, 1.165) is 16.4 Å². The zero-order valence-electron chi connectivity index (χ0n) is 11.8. The summed E-state index contributed by atoms with van der Waals surface area (Å²) in [5, 5.41) is 0. The maximum absolute atomic E-state index is 14.1. The van der Waals surface area contributed by atoms with Gasteiger partial charge in [-0.1, -0.05) is 19.1 Å². The zero-order chi connectivity index (χ0) is 15.9. The molecule has 0 radical (unpaired) electrons. The van der Waals surface area contributed by atoms with Gasteiger partial charge in [-0.2, -0.15) is 8.42 Å². The second kappa shape index (κ2) is 5.24. The molecule has 2 aromatic rings. The highest BCUT2D eigenvalue weighted by atomic mass is 32.2. The number of rotatable bonds is 3. The van der Waals surface area contributed by atoms with Crippen molar-refractivity contribution < 1.29 is 17.2 Å². The van der Waals surface area contributed by atoms with Gasteiger partial charge in [-0.25, -0.2) is 13.1 Å². The molecule has 0 bridgehead atoms. The molecule has 0 saturated carbocycles. The van der Waals surface area contributed by atoms with Crippen LogP contribution >= 0.6 is 0 Å². The molecule has 22 heavy (non-hydrogen) atoms. The van der Waals surface area contributed by atoms with E-state index in [4.69, 9.17) is 0 Å². The first kappa shape index (κ1) is 14.8. The van der Waals surface area contributed by atoms with E-state index in [2.05, 4.69) is 0 Å². The second-order valence-corrected chi connectivity index (χ2v) is 6.63. The predicted molar refractivity (Wildman–Crippen MR) is 81.5 cm³/mol. The average Bonchev–Trinajstić information content (AvgIpc) is 2.68. The topological polar surface area (TPSA) is 40.6 Å². The first-order chi connectivity index (χ1) is 10.5. The van der Waals surface area contributed by atoms with Crippen LogP contribution < -0.4 is 8.61 Å². The largest absolute Gasteiger partial charge is 0.331 e. The summed E-state index contributed by atoms with van der Waals surface area (Å²) in [7, 11) is -3.93. The summed E-state index contributed by atoms with van der Waals surface area (Å²) < 4.78 is 54.9. The van der Waals surface area contributed by atoms with Gasteiger partial charge in [0.2, 0.25) is 0 Å². The van der Waals surface area contributed by atoms with Crippen molar-refractivity contribution in [2.24, 2.45) is 0 Å². The molecule has 1 heterocycles. The molecule has 7 heteroatoms. The SMILES string of the molecule is CCCN1c2ccccc2N(c2ccc(F)cc2F)S1(=O)=O. The van der Waals surface area contributed by atoms with E-state index in [-0.39, 0.29) is 5.69 Å². The van der Waals surface area contributed by atoms with E-state index in [1.54, 1.807) is 24.3 Å². The lowest BCUT2D eigenvalue weighted by Crippen LogP contribution is -2.36. The summed E-state index contributed by atoms with van der Waals surface area (Å²) in [6, 6.07) is 9.53. The molecule has 0 saturated heterocycles. The number of halogens is 2. The van der Waals surface area contributed by atoms with Gasteiger partial charge < -0.3 is 0 Å². The summed E-state index contributed by atoms with van der Waals surface area (Å²) in [4.78, 5) is 0. The fraction of sp³-hybridized carbons (Fsp3) is 0.200. The highest BCUT2D eigenvalue weighted by Gasteiger charge is 2.41. The van der Waals surface area contributed by atoms with Crippen LogP contribution in [0.5, 0.6) is 0 Å². The third-order valence-corrected chi connectivity index (χ3v) is 5.22. The number of hydrogen-bond donors (Lipinski definition) is 0. The molecular formula is C15H14F2N2O2S. The molecule has 3 rings (SSSR count). The second-order valence-electron chi connectivity index (χ2n) is 4.93. The molecule has 0 N–H and O–H groups in total. The molecule has 0 atom stereocenters. The first-order valence-electron chi connectivity index (χ1n) is 6.84. The Balaban J connectivity index is 2.23. The Hall–Kier alpha value is -2.15. The number of hydrogen-bond acceptors (Lipinski definition) is 2. The fourth-order valence-electron chi connectivity index (χ4n) is 2.53. The van der Waals surface area contributed by atoms with Gasteiger partial charge >= 0.3 is 10.2 Å². The molecule has 0 aromatic heterocycles. The van der Waals surface area contributed by atoms with Crippen LogP contribution in [0, 0.1) is 11.6 Å². The molecule has 116 valence electrons. The normalized spacial score (nSPS) is 16.0. The Labute approximate surface area is 127 Å². The van der Waals surface area contributed by atoms with Crippen molar-refractivity contribution in [3.8, 4) is 0 Å². The quantitative estimate of drug-likeness (QED) is 0.866. The summed E-state index contributed by atoms with van der Waals surface area (Å²) in [6.07, 6.45) is 0.618. The number of benzene rings is 2. The minimum absolute atomic E-state index is 0.188. The zero-order valence-corrected chi connectivity index (χ0v) is 12.6. The molecule has 0 unspecified atom stereocenters. The Morgan fingerprint density at radius 1 is 1.00 bits per heavy atom. The highest BCUT2D eigenvalue weighted by molar-refractivity contribution is 7.95. The summed E-state index contributed by atoms with van der Waals surface area (Å²) >= 11 is 0. The van der Waals surface area contributed by atoms with E-state index in [0.29, 0.717) is 30.4 Å². The van der Waals surface area contributed by atoms with Gasteiger partial charge in [0.15, 0.2) is 5.82 Å². The van der Waals surface area contributed by atoms with Crippen LogP contribution in [0.2, 0.25) is 0 Å². The van der Waals surface area contributed by atoms with Gasteiger partial charge in [0.1, 0.15) is 5.82 Å². The number of anilines is 3. The number of fused-ring (bicyclic) bond motifs is 1. The lowest BCUT2D eigenvalue weighted by Gasteiger charge is -2.21. The van der Waals surface area contributed by atoms with Gasteiger partial charge in [0, 0.05) is 12.6 Å². The average molecular weight is 324 g/mol. The van der Waals surface area contributed by atoms with Crippen molar-refractivity contribution in [2.45, 2.75) is 13.3 Å². The molecular weight excluding hydrogens is 310 g/mol. The molecule has 4 nitrogen and oxygen atoms in total. The highest BCUT2D eigenvalue weighted by Crippen LogP contribution is 2.45. The lowest BCUT2D eigenvalue weighted by atomic mass is 10.2. The van der Waals surface area contributed by atoms with Crippen LogP contribution in [0.25, 0.3) is 0 Å². The molecule has 0 aliphatic carbocycles. The number of nitrogens with zero attached hydrogens (tertiary/aromatic N) is 2. The van der Waals surface area contributed by atoms with E-state index >= 15 is 0 Å². The van der Waals surface area contributed by atoms with Crippen molar-refractivity contribution in [1.29, 1.82) is 0 Å². The third kappa shape index (κ3) is 2.12. The van der Waals surface area contributed by atoms with E-state index < -0.39 is 21.8 Å². The minimum atomic E-state index is -3.93. The van der Waals surface area contributed by atoms with Crippen LogP contribution in [-0.2, 0) is 10.2 Å². The van der Waals surface area contributed by atoms with Gasteiger partial charge in [-0.3, -0.25) is 4.31 Å². The molecule has 0 amide bonds. The molecule has 0 spiro atoms. The first-order valence-corrected chi connectivity index (χ1v) is 8.23. The van der Waals surface area contributed by atoms with E-state index in [1.807, 2.05) is 6.92 Å². The van der Waals surface area contributed by atoms with Crippen molar-refractivity contribution in [1.82, 2.24) is 0 Å². The molecule has 0 fully saturated rings. The molecule has 1 aliphatic heterocycles. The van der Waals surface area contributed by atoms with E-state index in [1.165, 1.54) is 4.31 Å². The smallest absolute Gasteiger partial charge is 0.251 e. The predicted octanol–water partition coefficient (Wildman–Crippen LogP) is 3.58. The van der Waals surface area contributed by atoms with Crippen molar-refractivity contribution in [3.05, 3.63) is 54.1 Å². The Bertz CT molecular complexity index is 824. The number of para-hydroxylation sites is 2. The van der Waals surface area contributed by atoms with Crippen LogP contribution in [0.1, 0.15) is 13.3 Å². The van der Waals surface area contributed by atoms with E-state index in [9.17, 15) is 17.2 Å². The van der Waals surface area contributed by atoms with Crippen molar-refractivity contribution >= 4 is 27.3 Å². The van der Waals surface area contributed by atoms with Crippen molar-refractivity contribution in [2.75, 3.05) is 15.2 Å². The Kier molecular flexibility index (Phi) is 3.52.